The van der Waals surface area contributed by atoms with E-state index >= 15 is 0 Å². The highest BCUT2D eigenvalue weighted by atomic mass is 79.9. The van der Waals surface area contributed by atoms with Gasteiger partial charge in [-0.15, -0.1) is 0 Å². The molecule has 0 aliphatic carbocycles. The first-order valence-corrected chi connectivity index (χ1v) is 5.78. The SMILES string of the molecule is COCNC(=O)c1ccccc1C(=O)CBr. The molecule has 1 N–H and O–H groups in total. The molecule has 0 fully saturated rings. The van der Waals surface area contributed by atoms with Crippen LogP contribution in [0.2, 0.25) is 0 Å². The Kier molecular flexibility index (Phi) is 5.14. The molecule has 0 atom stereocenters. The fourth-order valence-corrected chi connectivity index (χ4v) is 1.53. The molecule has 0 heterocycles. The lowest BCUT2D eigenvalue weighted by Gasteiger charge is -2.07. The summed E-state index contributed by atoms with van der Waals surface area (Å²) in [4.78, 5) is 23.2. The summed E-state index contributed by atoms with van der Waals surface area (Å²) in [5.41, 5.74) is 0.775. The Morgan fingerprint density at radius 1 is 1.31 bits per heavy atom. The van der Waals surface area contributed by atoms with Gasteiger partial charge < -0.3 is 10.1 Å². The Labute approximate surface area is 102 Å². The van der Waals surface area contributed by atoms with Crippen LogP contribution in [0.25, 0.3) is 0 Å². The highest BCUT2D eigenvalue weighted by molar-refractivity contribution is 9.09. The van der Waals surface area contributed by atoms with Gasteiger partial charge in [-0.05, 0) is 6.07 Å². The molecule has 0 saturated heterocycles. The van der Waals surface area contributed by atoms with E-state index in [0.29, 0.717) is 11.1 Å². The lowest BCUT2D eigenvalue weighted by molar-refractivity contribution is 0.0865. The second kappa shape index (κ2) is 6.40. The molecular formula is C11H12BrNO3. The number of amides is 1. The summed E-state index contributed by atoms with van der Waals surface area (Å²) in [7, 11) is 1.48. The Hall–Kier alpha value is -1.20. The number of alkyl halides is 1. The predicted octanol–water partition coefficient (Wildman–Crippen LogP) is 1.60. The number of hydrogen-bond acceptors (Lipinski definition) is 3. The zero-order chi connectivity index (χ0) is 12.0. The topological polar surface area (TPSA) is 55.4 Å². The van der Waals surface area contributed by atoms with Crippen molar-refractivity contribution in [3.8, 4) is 0 Å². The third kappa shape index (κ3) is 3.15. The van der Waals surface area contributed by atoms with E-state index in [0.717, 1.165) is 0 Å². The molecule has 5 heteroatoms. The molecule has 86 valence electrons. The summed E-state index contributed by atoms with van der Waals surface area (Å²) in [6.07, 6.45) is 0. The zero-order valence-corrected chi connectivity index (χ0v) is 10.4. The average molecular weight is 286 g/mol. The molecule has 0 unspecified atom stereocenters. The fourth-order valence-electron chi connectivity index (χ4n) is 1.23. The summed E-state index contributed by atoms with van der Waals surface area (Å²) in [5, 5.41) is 2.74. The molecule has 16 heavy (non-hydrogen) atoms. The van der Waals surface area contributed by atoms with Gasteiger partial charge in [-0.2, -0.15) is 0 Å². The monoisotopic (exact) mass is 285 g/mol. The van der Waals surface area contributed by atoms with E-state index in [1.807, 2.05) is 0 Å². The third-order valence-electron chi connectivity index (χ3n) is 1.97. The lowest BCUT2D eigenvalue weighted by atomic mass is 10.0. The number of carbonyl (C=O) groups is 2. The quantitative estimate of drug-likeness (QED) is 0.508. The number of benzene rings is 1. The Morgan fingerprint density at radius 3 is 2.50 bits per heavy atom. The maximum Gasteiger partial charge on any atom is 0.253 e. The van der Waals surface area contributed by atoms with Crippen LogP contribution in [0.4, 0.5) is 0 Å². The van der Waals surface area contributed by atoms with Gasteiger partial charge in [0.1, 0.15) is 6.73 Å². The normalized spacial score (nSPS) is 9.88. The molecule has 0 saturated carbocycles. The van der Waals surface area contributed by atoms with Crippen LogP contribution < -0.4 is 5.32 Å². The van der Waals surface area contributed by atoms with Crippen molar-refractivity contribution < 1.29 is 14.3 Å². The molecule has 4 nitrogen and oxygen atoms in total. The van der Waals surface area contributed by atoms with Gasteiger partial charge in [0.2, 0.25) is 0 Å². The van der Waals surface area contributed by atoms with E-state index in [1.165, 1.54) is 7.11 Å². The maximum absolute atomic E-state index is 11.7. The largest absolute Gasteiger partial charge is 0.364 e. The van der Waals surface area contributed by atoms with Gasteiger partial charge in [0.25, 0.3) is 5.91 Å². The number of ketones is 1. The van der Waals surface area contributed by atoms with Gasteiger partial charge in [-0.1, -0.05) is 34.1 Å². The van der Waals surface area contributed by atoms with Crippen molar-refractivity contribution in [1.29, 1.82) is 0 Å². The van der Waals surface area contributed by atoms with E-state index in [1.54, 1.807) is 24.3 Å². The molecule has 1 rings (SSSR count). The molecule has 1 amide bonds. The highest BCUT2D eigenvalue weighted by Crippen LogP contribution is 2.10. The Balaban J connectivity index is 2.94. The molecular weight excluding hydrogens is 274 g/mol. The Morgan fingerprint density at radius 2 is 1.94 bits per heavy atom. The summed E-state index contributed by atoms with van der Waals surface area (Å²) in [6.45, 7) is 0.121. The summed E-state index contributed by atoms with van der Waals surface area (Å²) in [6, 6.07) is 6.68. The summed E-state index contributed by atoms with van der Waals surface area (Å²) >= 11 is 3.08. The smallest absolute Gasteiger partial charge is 0.253 e. The van der Waals surface area contributed by atoms with Crippen molar-refractivity contribution in [3.63, 3.8) is 0 Å². The molecule has 0 aromatic heterocycles. The standard InChI is InChI=1S/C11H12BrNO3/c1-16-7-13-11(15)9-5-3-2-4-8(9)10(14)6-12/h2-5H,6-7H2,1H3,(H,13,15). The van der Waals surface area contributed by atoms with E-state index < -0.39 is 0 Å². The van der Waals surface area contributed by atoms with Gasteiger partial charge in [0.15, 0.2) is 5.78 Å². The molecule has 0 aliphatic heterocycles. The first-order chi connectivity index (χ1) is 7.70. The van der Waals surface area contributed by atoms with Crippen molar-refractivity contribution in [2.45, 2.75) is 0 Å². The fraction of sp³-hybridized carbons (Fsp3) is 0.273. The third-order valence-corrected chi connectivity index (χ3v) is 2.48. The number of Topliss-reactive ketones (excluding diaryl/α,β-unsaturated/α-hetero) is 1. The molecule has 0 bridgehead atoms. The summed E-state index contributed by atoms with van der Waals surface area (Å²) < 4.78 is 4.73. The minimum atomic E-state index is -0.313. The van der Waals surface area contributed by atoms with E-state index in [4.69, 9.17) is 4.74 Å². The minimum absolute atomic E-state index is 0.121. The van der Waals surface area contributed by atoms with E-state index in [2.05, 4.69) is 21.2 Å². The predicted molar refractivity (Wildman–Crippen MR) is 63.9 cm³/mol. The number of ether oxygens (including phenoxy) is 1. The molecule has 0 radical (unpaired) electrons. The second-order valence-corrected chi connectivity index (χ2v) is 3.60. The minimum Gasteiger partial charge on any atom is -0.364 e. The second-order valence-electron chi connectivity index (χ2n) is 3.04. The number of hydrogen-bond donors (Lipinski definition) is 1. The summed E-state index contributed by atoms with van der Waals surface area (Å²) in [5.74, 6) is -0.435. The van der Waals surface area contributed by atoms with Gasteiger partial charge in [0.05, 0.1) is 10.9 Å². The number of rotatable bonds is 5. The number of methoxy groups -OCH3 is 1. The molecule has 1 aromatic rings. The molecule has 0 spiro atoms. The maximum atomic E-state index is 11.7. The number of halogens is 1. The average Bonchev–Trinajstić information content (AvgIpc) is 2.35. The number of carbonyl (C=O) groups excluding carboxylic acids is 2. The van der Waals surface area contributed by atoms with Crippen molar-refractivity contribution in [3.05, 3.63) is 35.4 Å². The number of nitrogens with one attached hydrogen (secondary N) is 1. The molecule has 1 aromatic carbocycles. The van der Waals surface area contributed by atoms with E-state index in [9.17, 15) is 9.59 Å². The zero-order valence-electron chi connectivity index (χ0n) is 8.83. The first kappa shape index (κ1) is 12.9. The van der Waals surface area contributed by atoms with Crippen LogP contribution in [-0.4, -0.2) is 30.9 Å². The van der Waals surface area contributed by atoms with Crippen LogP contribution in [-0.2, 0) is 4.74 Å². The van der Waals surface area contributed by atoms with Gasteiger partial charge in [-0.3, -0.25) is 9.59 Å². The Bertz CT molecular complexity index is 393. The first-order valence-electron chi connectivity index (χ1n) is 4.66. The van der Waals surface area contributed by atoms with Crippen LogP contribution in [0, 0.1) is 0 Å². The van der Waals surface area contributed by atoms with Crippen molar-refractivity contribution in [2.24, 2.45) is 0 Å². The van der Waals surface area contributed by atoms with E-state index in [-0.39, 0.29) is 23.8 Å². The van der Waals surface area contributed by atoms with Crippen LogP contribution in [0.1, 0.15) is 20.7 Å². The van der Waals surface area contributed by atoms with Gasteiger partial charge >= 0.3 is 0 Å². The highest BCUT2D eigenvalue weighted by Gasteiger charge is 2.14. The van der Waals surface area contributed by atoms with Crippen molar-refractivity contribution in [1.82, 2.24) is 5.32 Å². The lowest BCUT2D eigenvalue weighted by Crippen LogP contribution is -2.27. The van der Waals surface area contributed by atoms with Crippen LogP contribution in [0.5, 0.6) is 0 Å². The van der Waals surface area contributed by atoms with Gasteiger partial charge in [0, 0.05) is 12.7 Å². The van der Waals surface area contributed by atoms with Crippen LogP contribution in [0.15, 0.2) is 24.3 Å². The van der Waals surface area contributed by atoms with Crippen LogP contribution >= 0.6 is 15.9 Å². The van der Waals surface area contributed by atoms with Gasteiger partial charge in [-0.25, -0.2) is 0 Å². The van der Waals surface area contributed by atoms with Crippen molar-refractivity contribution >= 4 is 27.6 Å². The van der Waals surface area contributed by atoms with Crippen LogP contribution in [0.3, 0.4) is 0 Å². The van der Waals surface area contributed by atoms with Crippen molar-refractivity contribution in [2.75, 3.05) is 19.2 Å². The molecule has 0 aliphatic rings.